The van der Waals surface area contributed by atoms with E-state index >= 15 is 0 Å². The van der Waals surface area contributed by atoms with Crippen molar-refractivity contribution in [1.29, 1.82) is 0 Å². The molecule has 0 aliphatic carbocycles. The third-order valence-electron chi connectivity index (χ3n) is 1.74. The van der Waals surface area contributed by atoms with Gasteiger partial charge in [0.2, 0.25) is 5.91 Å². The molecular weight excluding hydrogens is 310 g/mol. The van der Waals surface area contributed by atoms with Crippen molar-refractivity contribution in [3.05, 3.63) is 27.6 Å². The smallest absolute Gasteiger partial charge is 0.238 e. The van der Waals surface area contributed by atoms with E-state index in [4.69, 9.17) is 0 Å². The first-order valence-electron chi connectivity index (χ1n) is 4.59. The maximum atomic E-state index is 12.8. The first kappa shape index (κ1) is 12.4. The Hall–Kier alpha value is -0.690. The molecule has 2 N–H and O–H groups in total. The number of anilines is 1. The van der Waals surface area contributed by atoms with Crippen molar-refractivity contribution in [3.63, 3.8) is 0 Å². The molecule has 1 amide bonds. The monoisotopic (exact) mass is 322 g/mol. The van der Waals surface area contributed by atoms with Crippen molar-refractivity contribution in [1.82, 2.24) is 5.32 Å². The van der Waals surface area contributed by atoms with Crippen LogP contribution in [0.15, 0.2) is 18.2 Å². The second kappa shape index (κ2) is 6.02. The molecule has 3 nitrogen and oxygen atoms in total. The first-order valence-corrected chi connectivity index (χ1v) is 5.67. The third-order valence-corrected chi connectivity index (χ3v) is 2.63. The van der Waals surface area contributed by atoms with Crippen molar-refractivity contribution >= 4 is 34.2 Å². The van der Waals surface area contributed by atoms with Crippen molar-refractivity contribution < 1.29 is 9.18 Å². The molecule has 5 heteroatoms. The molecule has 1 aromatic carbocycles. The highest BCUT2D eigenvalue weighted by Gasteiger charge is 2.05. The lowest BCUT2D eigenvalue weighted by molar-refractivity contribution is -0.115. The van der Waals surface area contributed by atoms with Crippen LogP contribution in [0.2, 0.25) is 0 Å². The maximum Gasteiger partial charge on any atom is 0.238 e. The van der Waals surface area contributed by atoms with E-state index in [1.165, 1.54) is 12.1 Å². The van der Waals surface area contributed by atoms with E-state index in [1.807, 2.05) is 29.5 Å². The van der Waals surface area contributed by atoms with Crippen LogP contribution in [0.4, 0.5) is 10.1 Å². The lowest BCUT2D eigenvalue weighted by atomic mass is 10.3. The van der Waals surface area contributed by atoms with Gasteiger partial charge in [0.25, 0.3) is 0 Å². The molecule has 0 saturated carbocycles. The van der Waals surface area contributed by atoms with Gasteiger partial charge in [-0.25, -0.2) is 4.39 Å². The Balaban J connectivity index is 2.60. The normalized spacial score (nSPS) is 10.1. The van der Waals surface area contributed by atoms with Gasteiger partial charge in [-0.15, -0.1) is 0 Å². The molecule has 82 valence electrons. The summed E-state index contributed by atoms with van der Waals surface area (Å²) in [6.45, 7) is 2.94. The molecule has 0 aromatic heterocycles. The number of rotatable bonds is 4. The highest BCUT2D eigenvalue weighted by atomic mass is 127. The summed E-state index contributed by atoms with van der Waals surface area (Å²) in [6, 6.07) is 4.26. The SMILES string of the molecule is CCNCC(=O)Nc1ccc(F)cc1I. The van der Waals surface area contributed by atoms with Crippen LogP contribution in [0.5, 0.6) is 0 Å². The second-order valence-electron chi connectivity index (χ2n) is 2.95. The molecule has 1 aromatic rings. The first-order chi connectivity index (χ1) is 7.13. The van der Waals surface area contributed by atoms with E-state index in [-0.39, 0.29) is 18.3 Å². The van der Waals surface area contributed by atoms with Crippen molar-refractivity contribution in [3.8, 4) is 0 Å². The van der Waals surface area contributed by atoms with Crippen LogP contribution in [0, 0.1) is 9.39 Å². The van der Waals surface area contributed by atoms with Crippen LogP contribution in [0.1, 0.15) is 6.92 Å². The number of carbonyl (C=O) groups is 1. The van der Waals surface area contributed by atoms with Crippen molar-refractivity contribution in [2.24, 2.45) is 0 Å². The number of nitrogens with one attached hydrogen (secondary N) is 2. The minimum Gasteiger partial charge on any atom is -0.324 e. The second-order valence-corrected chi connectivity index (χ2v) is 4.11. The zero-order chi connectivity index (χ0) is 11.3. The predicted octanol–water partition coefficient (Wildman–Crippen LogP) is 1.98. The highest BCUT2D eigenvalue weighted by molar-refractivity contribution is 14.1. The highest BCUT2D eigenvalue weighted by Crippen LogP contribution is 2.18. The summed E-state index contributed by atoms with van der Waals surface area (Å²) in [5.41, 5.74) is 0.639. The Labute approximate surface area is 102 Å². The molecule has 0 heterocycles. The molecule has 15 heavy (non-hydrogen) atoms. The van der Waals surface area contributed by atoms with Gasteiger partial charge in [-0.1, -0.05) is 6.92 Å². The van der Waals surface area contributed by atoms with Gasteiger partial charge >= 0.3 is 0 Å². The fraction of sp³-hybridized carbons (Fsp3) is 0.300. The topological polar surface area (TPSA) is 41.1 Å². The lowest BCUT2D eigenvalue weighted by Gasteiger charge is -2.07. The van der Waals surface area contributed by atoms with Crippen molar-refractivity contribution in [2.75, 3.05) is 18.4 Å². The van der Waals surface area contributed by atoms with Crippen LogP contribution in [0.3, 0.4) is 0 Å². The zero-order valence-corrected chi connectivity index (χ0v) is 10.5. The lowest BCUT2D eigenvalue weighted by Crippen LogP contribution is -2.28. The Morgan fingerprint density at radius 2 is 2.27 bits per heavy atom. The number of likely N-dealkylation sites (N-methyl/N-ethyl adjacent to an activating group) is 1. The van der Waals surface area contributed by atoms with Gasteiger partial charge in [0.05, 0.1) is 12.2 Å². The summed E-state index contributed by atoms with van der Waals surface area (Å²) >= 11 is 1.98. The summed E-state index contributed by atoms with van der Waals surface area (Å²) in [4.78, 5) is 11.3. The summed E-state index contributed by atoms with van der Waals surface area (Å²) in [7, 11) is 0. The van der Waals surface area contributed by atoms with Gasteiger partial charge in [-0.3, -0.25) is 4.79 Å². The summed E-state index contributed by atoms with van der Waals surface area (Å²) in [5.74, 6) is -0.426. The molecule has 0 radical (unpaired) electrons. The molecule has 0 atom stereocenters. The van der Waals surface area contributed by atoms with E-state index in [2.05, 4.69) is 10.6 Å². The van der Waals surface area contributed by atoms with Crippen LogP contribution in [-0.2, 0) is 4.79 Å². The van der Waals surface area contributed by atoms with Gasteiger partial charge in [0, 0.05) is 3.57 Å². The quantitative estimate of drug-likeness (QED) is 0.833. The van der Waals surface area contributed by atoms with Gasteiger partial charge in [-0.05, 0) is 47.3 Å². The van der Waals surface area contributed by atoms with E-state index in [0.717, 1.165) is 6.54 Å². The molecular formula is C10H12FIN2O. The predicted molar refractivity (Wildman–Crippen MR) is 66.3 cm³/mol. The fourth-order valence-electron chi connectivity index (χ4n) is 1.02. The Morgan fingerprint density at radius 1 is 1.53 bits per heavy atom. The number of hydrogen-bond donors (Lipinski definition) is 2. The summed E-state index contributed by atoms with van der Waals surface area (Å²) in [5, 5.41) is 5.61. The van der Waals surface area contributed by atoms with Gasteiger partial charge < -0.3 is 10.6 Å². The average Bonchev–Trinajstić information content (AvgIpc) is 2.19. The van der Waals surface area contributed by atoms with Gasteiger partial charge in [0.15, 0.2) is 0 Å². The largest absolute Gasteiger partial charge is 0.324 e. The Morgan fingerprint density at radius 3 is 2.87 bits per heavy atom. The maximum absolute atomic E-state index is 12.8. The standard InChI is InChI=1S/C10H12FIN2O/c1-2-13-6-10(15)14-9-4-3-7(11)5-8(9)12/h3-5,13H,2,6H2,1H3,(H,14,15). The average molecular weight is 322 g/mol. The van der Waals surface area contributed by atoms with E-state index in [0.29, 0.717) is 9.26 Å². The molecule has 0 saturated heterocycles. The number of hydrogen-bond acceptors (Lipinski definition) is 2. The van der Waals surface area contributed by atoms with Crippen LogP contribution >= 0.6 is 22.6 Å². The molecule has 0 spiro atoms. The number of halogens is 2. The van der Waals surface area contributed by atoms with Crippen LogP contribution in [-0.4, -0.2) is 19.0 Å². The molecule has 0 aliphatic rings. The molecule has 0 bridgehead atoms. The molecule has 1 rings (SSSR count). The zero-order valence-electron chi connectivity index (χ0n) is 8.31. The molecule has 0 fully saturated rings. The van der Waals surface area contributed by atoms with Crippen LogP contribution in [0.25, 0.3) is 0 Å². The third kappa shape index (κ3) is 4.13. The summed E-state index contributed by atoms with van der Waals surface area (Å²) in [6.07, 6.45) is 0. The number of benzene rings is 1. The van der Waals surface area contributed by atoms with Gasteiger partial charge in [0.1, 0.15) is 5.82 Å². The Bertz CT molecular complexity index is 357. The Kier molecular flexibility index (Phi) is 4.97. The number of amides is 1. The minimum atomic E-state index is -0.302. The van der Waals surface area contributed by atoms with E-state index in [1.54, 1.807) is 6.07 Å². The summed E-state index contributed by atoms with van der Waals surface area (Å²) < 4.78 is 13.4. The number of carbonyl (C=O) groups excluding carboxylic acids is 1. The molecule has 0 unspecified atom stereocenters. The van der Waals surface area contributed by atoms with Crippen molar-refractivity contribution in [2.45, 2.75) is 6.92 Å². The van der Waals surface area contributed by atoms with E-state index in [9.17, 15) is 9.18 Å². The van der Waals surface area contributed by atoms with E-state index < -0.39 is 0 Å². The minimum absolute atomic E-state index is 0.124. The molecule has 0 aliphatic heterocycles. The fourth-order valence-corrected chi connectivity index (χ4v) is 1.64. The van der Waals surface area contributed by atoms with Gasteiger partial charge in [-0.2, -0.15) is 0 Å². The van der Waals surface area contributed by atoms with Crippen LogP contribution < -0.4 is 10.6 Å².